The second kappa shape index (κ2) is 8.04. The number of amides is 1. The average molecular weight is 325 g/mol. The summed E-state index contributed by atoms with van der Waals surface area (Å²) in [5.41, 5.74) is 3.10. The maximum atomic E-state index is 12.4. The highest BCUT2D eigenvalue weighted by Gasteiger charge is 2.32. The third kappa shape index (κ3) is 3.99. The van der Waals surface area contributed by atoms with Gasteiger partial charge in [-0.1, -0.05) is 51.6 Å². The molecule has 1 atom stereocenters. The van der Waals surface area contributed by atoms with Gasteiger partial charge >= 0.3 is 0 Å². The van der Waals surface area contributed by atoms with E-state index in [0.717, 1.165) is 37.2 Å². The number of aromatic nitrogens is 2. The second-order valence-electron chi connectivity index (χ2n) is 6.44. The van der Waals surface area contributed by atoms with Crippen molar-refractivity contribution in [1.82, 2.24) is 14.9 Å². The van der Waals surface area contributed by atoms with E-state index in [1.807, 2.05) is 49.3 Å². The fourth-order valence-corrected chi connectivity index (χ4v) is 3.14. The molecule has 1 unspecified atom stereocenters. The molecule has 0 aliphatic carbocycles. The molecule has 1 saturated heterocycles. The van der Waals surface area contributed by atoms with E-state index < -0.39 is 0 Å². The van der Waals surface area contributed by atoms with Crippen molar-refractivity contribution in [2.24, 2.45) is 5.92 Å². The van der Waals surface area contributed by atoms with Gasteiger partial charge in [-0.2, -0.15) is 0 Å². The van der Waals surface area contributed by atoms with Gasteiger partial charge < -0.3 is 4.90 Å². The molecule has 3 rings (SSSR count). The summed E-state index contributed by atoms with van der Waals surface area (Å²) >= 11 is 0. The van der Waals surface area contributed by atoms with E-state index in [1.54, 1.807) is 0 Å². The molecular formula is C20H27N3O. The van der Waals surface area contributed by atoms with Crippen molar-refractivity contribution in [3.05, 3.63) is 59.7 Å². The van der Waals surface area contributed by atoms with E-state index in [2.05, 4.69) is 17.1 Å². The van der Waals surface area contributed by atoms with Crippen molar-refractivity contribution in [2.45, 2.75) is 46.6 Å². The van der Waals surface area contributed by atoms with Crippen LogP contribution in [0.1, 0.15) is 57.1 Å². The zero-order valence-electron chi connectivity index (χ0n) is 13.8. The molecule has 1 aliphatic rings. The second-order valence-corrected chi connectivity index (χ2v) is 6.44. The maximum absolute atomic E-state index is 12.4. The summed E-state index contributed by atoms with van der Waals surface area (Å²) < 4.78 is 0. The smallest absolute Gasteiger partial charge is 0.225 e. The predicted molar refractivity (Wildman–Crippen MR) is 96.5 cm³/mol. The van der Waals surface area contributed by atoms with Crippen molar-refractivity contribution in [1.29, 1.82) is 0 Å². The number of hydrogen-bond acceptors (Lipinski definition) is 3. The van der Waals surface area contributed by atoms with Gasteiger partial charge in [-0.25, -0.2) is 0 Å². The fourth-order valence-electron chi connectivity index (χ4n) is 3.14. The Bertz CT molecular complexity index is 670. The molecule has 1 amide bonds. The van der Waals surface area contributed by atoms with E-state index in [0.29, 0.717) is 0 Å². The number of likely N-dealkylation sites (tertiary alicyclic amines) is 1. The first kappa shape index (κ1) is 18.1. The molecule has 0 bridgehead atoms. The maximum Gasteiger partial charge on any atom is 0.225 e. The van der Waals surface area contributed by atoms with E-state index in [1.165, 1.54) is 5.56 Å². The Kier molecular flexibility index (Phi) is 6.07. The number of nitrogens with zero attached hydrogens (tertiary/aromatic N) is 3. The van der Waals surface area contributed by atoms with E-state index in [4.69, 9.17) is 4.98 Å². The van der Waals surface area contributed by atoms with Crippen LogP contribution in [-0.4, -0.2) is 27.3 Å². The van der Waals surface area contributed by atoms with Crippen molar-refractivity contribution in [3.8, 4) is 0 Å². The quantitative estimate of drug-likeness (QED) is 0.853. The number of carbonyl (C=O) groups excluding carboxylic acids is 1. The molecule has 128 valence electrons. The zero-order valence-corrected chi connectivity index (χ0v) is 13.8. The first-order valence-corrected chi connectivity index (χ1v) is 8.30. The van der Waals surface area contributed by atoms with Gasteiger partial charge in [0.25, 0.3) is 0 Å². The van der Waals surface area contributed by atoms with Crippen molar-refractivity contribution in [2.75, 3.05) is 6.54 Å². The molecule has 0 saturated carbocycles. The highest BCUT2D eigenvalue weighted by molar-refractivity contribution is 5.78. The van der Waals surface area contributed by atoms with Gasteiger partial charge in [0, 0.05) is 25.1 Å². The number of rotatable bonds is 4. The van der Waals surface area contributed by atoms with Gasteiger partial charge in [-0.3, -0.25) is 14.8 Å². The van der Waals surface area contributed by atoms with E-state index in [9.17, 15) is 4.79 Å². The summed E-state index contributed by atoms with van der Waals surface area (Å²) in [6, 6.07) is 10.4. The van der Waals surface area contributed by atoms with Gasteiger partial charge in [-0.05, 0) is 18.4 Å². The van der Waals surface area contributed by atoms with Crippen LogP contribution >= 0.6 is 0 Å². The van der Waals surface area contributed by atoms with Crippen LogP contribution in [0, 0.1) is 5.92 Å². The Labute approximate surface area is 144 Å². The van der Waals surface area contributed by atoms with Crippen LogP contribution in [0.25, 0.3) is 0 Å². The molecule has 2 aromatic rings. The number of carbonyl (C=O) groups is 1. The first-order valence-electron chi connectivity index (χ1n) is 8.30. The van der Waals surface area contributed by atoms with Crippen molar-refractivity contribution < 1.29 is 4.79 Å². The SMILES string of the molecule is C.CC(C)C(=O)N1CCCC1c1cncc(Cc2ccccc2)n1. The van der Waals surface area contributed by atoms with Gasteiger partial charge in [0.15, 0.2) is 0 Å². The molecule has 1 fully saturated rings. The number of hydrogen-bond donors (Lipinski definition) is 0. The van der Waals surface area contributed by atoms with E-state index >= 15 is 0 Å². The van der Waals surface area contributed by atoms with E-state index in [-0.39, 0.29) is 25.3 Å². The van der Waals surface area contributed by atoms with Crippen LogP contribution in [0.5, 0.6) is 0 Å². The first-order chi connectivity index (χ1) is 11.1. The predicted octanol–water partition coefficient (Wildman–Crippen LogP) is 4.02. The molecule has 0 radical (unpaired) electrons. The summed E-state index contributed by atoms with van der Waals surface area (Å²) in [6.45, 7) is 4.73. The standard InChI is InChI=1S/C19H23N3O.CH4/c1-14(2)19(23)22-10-6-9-18(22)17-13-20-12-16(21-17)11-15-7-4-3-5-8-15;/h3-5,7-8,12-14,18H,6,9-11H2,1-2H3;1H4. The Morgan fingerprint density at radius 1 is 1.25 bits per heavy atom. The molecule has 0 N–H and O–H groups in total. The van der Waals surface area contributed by atoms with Crippen molar-refractivity contribution >= 4 is 5.91 Å². The fraction of sp³-hybridized carbons (Fsp3) is 0.450. The largest absolute Gasteiger partial charge is 0.334 e. The molecule has 1 aromatic heterocycles. The molecule has 0 spiro atoms. The van der Waals surface area contributed by atoms with Gasteiger partial charge in [0.2, 0.25) is 5.91 Å². The van der Waals surface area contributed by atoms with Crippen molar-refractivity contribution in [3.63, 3.8) is 0 Å². The molecule has 1 aliphatic heterocycles. The van der Waals surface area contributed by atoms with Gasteiger partial charge in [0.1, 0.15) is 0 Å². The molecule has 1 aromatic carbocycles. The Morgan fingerprint density at radius 2 is 2.00 bits per heavy atom. The topological polar surface area (TPSA) is 46.1 Å². The molecule has 4 heteroatoms. The zero-order chi connectivity index (χ0) is 16.2. The highest BCUT2D eigenvalue weighted by Crippen LogP contribution is 2.31. The molecular weight excluding hydrogens is 298 g/mol. The summed E-state index contributed by atoms with van der Waals surface area (Å²) in [4.78, 5) is 23.5. The van der Waals surface area contributed by atoms with Crippen LogP contribution in [0.4, 0.5) is 0 Å². The van der Waals surface area contributed by atoms with Gasteiger partial charge in [-0.15, -0.1) is 0 Å². The number of benzene rings is 1. The normalized spacial score (nSPS) is 17.0. The molecule has 4 nitrogen and oxygen atoms in total. The summed E-state index contributed by atoms with van der Waals surface area (Å²) in [5, 5.41) is 0. The lowest BCUT2D eigenvalue weighted by Crippen LogP contribution is -2.34. The highest BCUT2D eigenvalue weighted by atomic mass is 16.2. The lowest BCUT2D eigenvalue weighted by molar-refractivity contribution is -0.135. The summed E-state index contributed by atoms with van der Waals surface area (Å²) in [6.07, 6.45) is 6.41. The third-order valence-electron chi connectivity index (χ3n) is 4.30. The monoisotopic (exact) mass is 325 g/mol. The summed E-state index contributed by atoms with van der Waals surface area (Å²) in [5.74, 6) is 0.235. The summed E-state index contributed by atoms with van der Waals surface area (Å²) in [7, 11) is 0. The lowest BCUT2D eigenvalue weighted by Gasteiger charge is -2.26. The Hall–Kier alpha value is -2.23. The van der Waals surface area contributed by atoms with Crippen LogP contribution < -0.4 is 0 Å². The lowest BCUT2D eigenvalue weighted by atomic mass is 10.1. The Balaban J connectivity index is 0.00000208. The minimum Gasteiger partial charge on any atom is -0.334 e. The van der Waals surface area contributed by atoms with Gasteiger partial charge in [0.05, 0.1) is 23.6 Å². The van der Waals surface area contributed by atoms with Crippen LogP contribution in [-0.2, 0) is 11.2 Å². The minimum absolute atomic E-state index is 0. The minimum atomic E-state index is 0. The molecule has 24 heavy (non-hydrogen) atoms. The van der Waals surface area contributed by atoms with Crippen LogP contribution in [0.15, 0.2) is 42.7 Å². The van der Waals surface area contributed by atoms with Crippen LogP contribution in [0.3, 0.4) is 0 Å². The van der Waals surface area contributed by atoms with Crippen LogP contribution in [0.2, 0.25) is 0 Å². The molecule has 2 heterocycles. The third-order valence-corrected chi connectivity index (χ3v) is 4.30. The Morgan fingerprint density at radius 3 is 2.71 bits per heavy atom. The average Bonchev–Trinajstić information content (AvgIpc) is 3.05.